The molecule has 8 nitrogen and oxygen atoms in total. The van der Waals surface area contributed by atoms with Crippen molar-refractivity contribution in [1.82, 2.24) is 29.1 Å². The van der Waals surface area contributed by atoms with Crippen LogP contribution in [0.2, 0.25) is 0 Å². The highest BCUT2D eigenvalue weighted by Gasteiger charge is 2.22. The number of fused-ring (bicyclic) bond motifs is 1. The molecule has 1 aliphatic rings. The van der Waals surface area contributed by atoms with Crippen LogP contribution in [-0.4, -0.2) is 61.2 Å². The molecule has 146 valence electrons. The maximum atomic E-state index is 12.7. The van der Waals surface area contributed by atoms with Crippen molar-refractivity contribution in [2.45, 2.75) is 20.0 Å². The van der Waals surface area contributed by atoms with Gasteiger partial charge < -0.3 is 4.90 Å². The predicted octanol–water partition coefficient (Wildman–Crippen LogP) is 0.783. The quantitative estimate of drug-likeness (QED) is 0.669. The van der Waals surface area contributed by atoms with Crippen molar-refractivity contribution in [3.63, 3.8) is 0 Å². The van der Waals surface area contributed by atoms with Crippen molar-refractivity contribution in [1.29, 1.82) is 0 Å². The second-order valence-corrected chi connectivity index (χ2v) is 7.27. The first-order chi connectivity index (χ1) is 13.5. The number of nitrogens with zero attached hydrogens (tertiary/aromatic N) is 6. The molecule has 1 amide bonds. The topological polar surface area (TPSA) is 76.3 Å². The molecular weight excluding hydrogens is 356 g/mol. The first kappa shape index (κ1) is 18.4. The van der Waals surface area contributed by atoms with Crippen LogP contribution in [0.5, 0.6) is 0 Å². The number of carbonyl (C=O) groups excluding carboxylic acids is 1. The van der Waals surface area contributed by atoms with E-state index in [2.05, 4.69) is 46.2 Å². The fourth-order valence-corrected chi connectivity index (χ4v) is 3.61. The standard InChI is InChI=1S/C20H24N6O2/c1-15-5-3-4-6-16(15)12-24-7-9-25(10-8-24)18(27)13-26-14-21-19-17(20(26)28)11-22-23(19)2/h3-6,11,14H,7-10,12-13H2,1-2H3. The molecule has 1 saturated heterocycles. The van der Waals surface area contributed by atoms with Gasteiger partial charge in [-0.3, -0.25) is 23.7 Å². The van der Waals surface area contributed by atoms with E-state index in [1.807, 2.05) is 4.90 Å². The first-order valence-electron chi connectivity index (χ1n) is 9.44. The number of rotatable bonds is 4. The molecule has 0 bridgehead atoms. The van der Waals surface area contributed by atoms with Crippen molar-refractivity contribution < 1.29 is 4.79 Å². The summed E-state index contributed by atoms with van der Waals surface area (Å²) in [7, 11) is 1.74. The molecule has 8 heteroatoms. The number of amides is 1. The van der Waals surface area contributed by atoms with E-state index in [0.717, 1.165) is 19.6 Å². The Balaban J connectivity index is 1.37. The number of carbonyl (C=O) groups is 1. The van der Waals surface area contributed by atoms with E-state index in [1.165, 1.54) is 28.2 Å². The highest BCUT2D eigenvalue weighted by atomic mass is 16.2. The Hall–Kier alpha value is -3.00. The number of hydrogen-bond acceptors (Lipinski definition) is 5. The maximum absolute atomic E-state index is 12.7. The van der Waals surface area contributed by atoms with E-state index in [0.29, 0.717) is 24.1 Å². The summed E-state index contributed by atoms with van der Waals surface area (Å²) >= 11 is 0. The molecule has 0 atom stereocenters. The van der Waals surface area contributed by atoms with Crippen LogP contribution < -0.4 is 5.56 Å². The molecule has 4 rings (SSSR count). The normalized spacial score (nSPS) is 15.3. The van der Waals surface area contributed by atoms with Gasteiger partial charge in [-0.2, -0.15) is 5.10 Å². The average molecular weight is 380 g/mol. The smallest absolute Gasteiger partial charge is 0.264 e. The SMILES string of the molecule is Cc1ccccc1CN1CCN(C(=O)Cn2cnc3c(cnn3C)c2=O)CC1. The summed E-state index contributed by atoms with van der Waals surface area (Å²) < 4.78 is 2.92. The lowest BCUT2D eigenvalue weighted by atomic mass is 10.1. The van der Waals surface area contributed by atoms with Gasteiger partial charge in [0.25, 0.3) is 5.56 Å². The zero-order valence-corrected chi connectivity index (χ0v) is 16.2. The van der Waals surface area contributed by atoms with Crippen LogP contribution in [0.25, 0.3) is 11.0 Å². The van der Waals surface area contributed by atoms with E-state index < -0.39 is 0 Å². The van der Waals surface area contributed by atoms with Gasteiger partial charge in [-0.25, -0.2) is 4.98 Å². The zero-order chi connectivity index (χ0) is 19.7. The maximum Gasteiger partial charge on any atom is 0.264 e. The van der Waals surface area contributed by atoms with Gasteiger partial charge in [-0.1, -0.05) is 24.3 Å². The Morgan fingerprint density at radius 1 is 1.14 bits per heavy atom. The molecule has 0 aliphatic carbocycles. The van der Waals surface area contributed by atoms with Gasteiger partial charge in [0.1, 0.15) is 18.3 Å². The Kier molecular flexibility index (Phi) is 4.95. The van der Waals surface area contributed by atoms with Gasteiger partial charge in [0.05, 0.1) is 6.20 Å². The van der Waals surface area contributed by atoms with E-state index in [1.54, 1.807) is 11.7 Å². The van der Waals surface area contributed by atoms with E-state index in [-0.39, 0.29) is 18.0 Å². The lowest BCUT2D eigenvalue weighted by molar-refractivity contribution is -0.133. The Morgan fingerprint density at radius 2 is 1.89 bits per heavy atom. The Morgan fingerprint density at radius 3 is 2.64 bits per heavy atom. The predicted molar refractivity (Wildman–Crippen MR) is 106 cm³/mol. The van der Waals surface area contributed by atoms with Crippen molar-refractivity contribution in [3.05, 3.63) is 58.3 Å². The minimum Gasteiger partial charge on any atom is -0.339 e. The number of aryl methyl sites for hydroxylation is 2. The molecule has 1 aliphatic heterocycles. The molecule has 3 heterocycles. The van der Waals surface area contributed by atoms with Crippen molar-refractivity contribution in [3.8, 4) is 0 Å². The molecule has 1 fully saturated rings. The summed E-state index contributed by atoms with van der Waals surface area (Å²) in [4.78, 5) is 33.7. The third kappa shape index (κ3) is 3.55. The number of hydrogen-bond donors (Lipinski definition) is 0. The van der Waals surface area contributed by atoms with Gasteiger partial charge in [0.15, 0.2) is 5.65 Å². The molecular formula is C20H24N6O2. The lowest BCUT2D eigenvalue weighted by Crippen LogP contribution is -2.49. The highest BCUT2D eigenvalue weighted by Crippen LogP contribution is 2.13. The molecule has 0 spiro atoms. The first-order valence-corrected chi connectivity index (χ1v) is 9.44. The molecule has 0 saturated carbocycles. The van der Waals surface area contributed by atoms with E-state index in [9.17, 15) is 9.59 Å². The van der Waals surface area contributed by atoms with Crippen LogP contribution in [0.15, 0.2) is 41.6 Å². The second-order valence-electron chi connectivity index (χ2n) is 7.27. The van der Waals surface area contributed by atoms with Gasteiger partial charge >= 0.3 is 0 Å². The van der Waals surface area contributed by atoms with Gasteiger partial charge in [0.2, 0.25) is 5.91 Å². The van der Waals surface area contributed by atoms with Gasteiger partial charge in [-0.15, -0.1) is 0 Å². The molecule has 0 radical (unpaired) electrons. The third-order valence-corrected chi connectivity index (χ3v) is 5.40. The summed E-state index contributed by atoms with van der Waals surface area (Å²) in [6.07, 6.45) is 2.93. The minimum atomic E-state index is -0.232. The van der Waals surface area contributed by atoms with Crippen molar-refractivity contribution >= 4 is 16.9 Å². The van der Waals surface area contributed by atoms with E-state index >= 15 is 0 Å². The third-order valence-electron chi connectivity index (χ3n) is 5.40. The van der Waals surface area contributed by atoms with Crippen LogP contribution in [0.3, 0.4) is 0 Å². The van der Waals surface area contributed by atoms with E-state index in [4.69, 9.17) is 0 Å². The van der Waals surface area contributed by atoms with Crippen LogP contribution in [-0.2, 0) is 24.9 Å². The number of piperazine rings is 1. The molecule has 2 aromatic heterocycles. The van der Waals surface area contributed by atoms with Gasteiger partial charge in [-0.05, 0) is 18.1 Å². The second kappa shape index (κ2) is 7.55. The molecule has 0 unspecified atom stereocenters. The Labute approximate surface area is 163 Å². The van der Waals surface area contributed by atoms with Crippen LogP contribution in [0.1, 0.15) is 11.1 Å². The van der Waals surface area contributed by atoms with Crippen LogP contribution in [0, 0.1) is 6.92 Å². The summed E-state index contributed by atoms with van der Waals surface area (Å²) in [5, 5.41) is 4.49. The lowest BCUT2D eigenvalue weighted by Gasteiger charge is -2.35. The van der Waals surface area contributed by atoms with Crippen LogP contribution >= 0.6 is 0 Å². The molecule has 0 N–H and O–H groups in total. The molecule has 1 aromatic carbocycles. The monoisotopic (exact) mass is 380 g/mol. The number of benzene rings is 1. The van der Waals surface area contributed by atoms with Gasteiger partial charge in [0, 0.05) is 39.8 Å². The molecule has 28 heavy (non-hydrogen) atoms. The van der Waals surface area contributed by atoms with Crippen molar-refractivity contribution in [2.75, 3.05) is 26.2 Å². The zero-order valence-electron chi connectivity index (χ0n) is 16.2. The number of aromatic nitrogens is 4. The minimum absolute atomic E-state index is 0.00839. The van der Waals surface area contributed by atoms with Crippen molar-refractivity contribution in [2.24, 2.45) is 7.05 Å². The summed E-state index contributed by atoms with van der Waals surface area (Å²) in [6, 6.07) is 8.39. The highest BCUT2D eigenvalue weighted by molar-refractivity contribution is 5.77. The molecule has 3 aromatic rings. The largest absolute Gasteiger partial charge is 0.339 e. The summed E-state index contributed by atoms with van der Waals surface area (Å²) in [5.41, 5.74) is 2.91. The fraction of sp³-hybridized carbons (Fsp3) is 0.400. The van der Waals surface area contributed by atoms with Crippen LogP contribution in [0.4, 0.5) is 0 Å². The Bertz CT molecular complexity index is 1060. The summed E-state index contributed by atoms with van der Waals surface area (Å²) in [5.74, 6) is -0.0531. The summed E-state index contributed by atoms with van der Waals surface area (Å²) in [6.45, 7) is 6.03. The fourth-order valence-electron chi connectivity index (χ4n) is 3.61. The average Bonchev–Trinajstić information content (AvgIpc) is 3.08.